The second kappa shape index (κ2) is 11.4. The molecule has 1 aliphatic heterocycles. The molecule has 0 unspecified atom stereocenters. The van der Waals surface area contributed by atoms with Crippen molar-refractivity contribution >= 4 is 45.7 Å². The maximum absolute atomic E-state index is 6.28. The van der Waals surface area contributed by atoms with E-state index in [4.69, 9.17) is 27.9 Å². The number of rotatable bonds is 5. The average Bonchev–Trinajstić information content (AvgIpc) is 3.29. The second-order valence-electron chi connectivity index (χ2n) is 7.72. The van der Waals surface area contributed by atoms with Gasteiger partial charge in [-0.05, 0) is 67.7 Å². The van der Waals surface area contributed by atoms with Crippen molar-refractivity contribution in [2.24, 2.45) is 0 Å². The minimum Gasteiger partial charge on any atom is -0.378 e. The van der Waals surface area contributed by atoms with Crippen molar-refractivity contribution in [3.05, 3.63) is 76.4 Å². The predicted molar refractivity (Wildman–Crippen MR) is 133 cm³/mol. The number of halogens is 2. The van der Waals surface area contributed by atoms with E-state index in [1.807, 2.05) is 18.2 Å². The molecule has 0 radical (unpaired) electrons. The highest BCUT2D eigenvalue weighted by molar-refractivity contribution is 6.35. The SMILES string of the molecule is COCc1ccccn1.Clc1ccc(Cl)c(Nc2ncnc3[nH]cc(C4CCNCC4)c23)c1. The number of pyridine rings is 1. The van der Waals surface area contributed by atoms with E-state index in [-0.39, 0.29) is 0 Å². The standard InChI is InChI=1S/C17H17Cl2N5.C7H9NO/c18-11-1-2-13(19)14(7-11)24-17-15-12(10-3-5-20-6-4-10)8-21-16(15)22-9-23-17;1-9-6-7-4-2-3-5-8-7/h1-2,7-10,20H,3-6H2,(H2,21,22,23,24);2-5H,6H2,1H3. The number of piperidine rings is 1. The van der Waals surface area contributed by atoms with Gasteiger partial charge in [-0.25, -0.2) is 9.97 Å². The number of hydrogen-bond donors (Lipinski definition) is 3. The third kappa shape index (κ3) is 6.00. The number of nitrogens with one attached hydrogen (secondary N) is 3. The summed E-state index contributed by atoms with van der Waals surface area (Å²) >= 11 is 12.4. The van der Waals surface area contributed by atoms with Crippen molar-refractivity contribution in [3.8, 4) is 0 Å². The molecule has 5 rings (SSSR count). The van der Waals surface area contributed by atoms with E-state index in [0.29, 0.717) is 22.6 Å². The molecular formula is C24H26Cl2N6O. The Labute approximate surface area is 202 Å². The molecule has 1 saturated heterocycles. The predicted octanol–water partition coefficient (Wildman–Crippen LogP) is 5.70. The molecule has 7 nitrogen and oxygen atoms in total. The van der Waals surface area contributed by atoms with E-state index in [1.165, 1.54) is 5.56 Å². The zero-order valence-electron chi connectivity index (χ0n) is 18.3. The maximum atomic E-state index is 6.28. The zero-order valence-corrected chi connectivity index (χ0v) is 19.8. The van der Waals surface area contributed by atoms with Crippen LogP contribution in [0.3, 0.4) is 0 Å². The molecule has 3 N–H and O–H groups in total. The van der Waals surface area contributed by atoms with Crippen LogP contribution < -0.4 is 10.6 Å². The van der Waals surface area contributed by atoms with E-state index < -0.39 is 0 Å². The van der Waals surface area contributed by atoms with Crippen LogP contribution in [0.4, 0.5) is 11.5 Å². The van der Waals surface area contributed by atoms with Gasteiger partial charge < -0.3 is 20.4 Å². The number of fused-ring (bicyclic) bond motifs is 1. The van der Waals surface area contributed by atoms with Gasteiger partial charge in [-0.2, -0.15) is 0 Å². The van der Waals surface area contributed by atoms with Gasteiger partial charge in [0.1, 0.15) is 17.8 Å². The minimum atomic E-state index is 0.501. The van der Waals surface area contributed by atoms with Crippen LogP contribution in [-0.4, -0.2) is 40.1 Å². The monoisotopic (exact) mass is 484 g/mol. The first-order valence-corrected chi connectivity index (χ1v) is 11.5. The first-order chi connectivity index (χ1) is 16.2. The lowest BCUT2D eigenvalue weighted by atomic mass is 9.90. The molecule has 0 bridgehead atoms. The third-order valence-corrected chi connectivity index (χ3v) is 6.04. The lowest BCUT2D eigenvalue weighted by molar-refractivity contribution is 0.181. The number of aromatic nitrogens is 4. The molecule has 1 aromatic carbocycles. The van der Waals surface area contributed by atoms with Crippen LogP contribution in [0.2, 0.25) is 10.0 Å². The fourth-order valence-corrected chi connectivity index (χ4v) is 4.23. The van der Waals surface area contributed by atoms with Crippen molar-refractivity contribution in [2.75, 3.05) is 25.5 Å². The summed E-state index contributed by atoms with van der Waals surface area (Å²) in [6.07, 6.45) is 7.58. The third-order valence-electron chi connectivity index (χ3n) is 5.48. The lowest BCUT2D eigenvalue weighted by Gasteiger charge is -2.22. The van der Waals surface area contributed by atoms with Crippen LogP contribution in [-0.2, 0) is 11.3 Å². The number of methoxy groups -OCH3 is 1. The number of nitrogens with zero attached hydrogens (tertiary/aromatic N) is 3. The van der Waals surface area contributed by atoms with Crippen molar-refractivity contribution < 1.29 is 4.74 Å². The van der Waals surface area contributed by atoms with E-state index in [9.17, 15) is 0 Å². The first kappa shape index (κ1) is 23.4. The molecule has 172 valence electrons. The van der Waals surface area contributed by atoms with Gasteiger partial charge in [-0.1, -0.05) is 29.3 Å². The zero-order chi connectivity index (χ0) is 23.0. The van der Waals surface area contributed by atoms with Crippen LogP contribution in [0, 0.1) is 0 Å². The van der Waals surface area contributed by atoms with Gasteiger partial charge in [0.05, 0.1) is 28.4 Å². The summed E-state index contributed by atoms with van der Waals surface area (Å²) in [7, 11) is 1.66. The largest absolute Gasteiger partial charge is 0.378 e. The Morgan fingerprint density at radius 2 is 1.94 bits per heavy atom. The molecule has 4 heterocycles. The van der Waals surface area contributed by atoms with Crippen LogP contribution >= 0.6 is 23.2 Å². The Kier molecular flexibility index (Phi) is 8.12. The highest BCUT2D eigenvalue weighted by Crippen LogP contribution is 2.36. The Bertz CT molecular complexity index is 1180. The summed E-state index contributed by atoms with van der Waals surface area (Å²) in [5.74, 6) is 1.25. The van der Waals surface area contributed by atoms with Crippen LogP contribution in [0.25, 0.3) is 11.0 Å². The minimum absolute atomic E-state index is 0.501. The van der Waals surface area contributed by atoms with Gasteiger partial charge in [0, 0.05) is 24.5 Å². The van der Waals surface area contributed by atoms with Crippen LogP contribution in [0.15, 0.2) is 55.1 Å². The number of hydrogen-bond acceptors (Lipinski definition) is 6. The molecule has 0 aliphatic carbocycles. The van der Waals surface area contributed by atoms with E-state index >= 15 is 0 Å². The summed E-state index contributed by atoms with van der Waals surface area (Å²) in [5.41, 5.74) is 3.80. The molecule has 1 aliphatic rings. The molecule has 4 aromatic rings. The fourth-order valence-electron chi connectivity index (χ4n) is 3.89. The topological polar surface area (TPSA) is 87.8 Å². The Morgan fingerprint density at radius 3 is 2.70 bits per heavy atom. The Balaban J connectivity index is 0.000000243. The maximum Gasteiger partial charge on any atom is 0.143 e. The summed E-state index contributed by atoms with van der Waals surface area (Å²) in [6.45, 7) is 2.67. The molecule has 9 heteroatoms. The summed E-state index contributed by atoms with van der Waals surface area (Å²) in [5, 5.41) is 8.98. The summed E-state index contributed by atoms with van der Waals surface area (Å²) < 4.78 is 4.87. The molecular weight excluding hydrogens is 459 g/mol. The van der Waals surface area contributed by atoms with Gasteiger partial charge in [-0.15, -0.1) is 0 Å². The van der Waals surface area contributed by atoms with Crippen molar-refractivity contribution in [3.63, 3.8) is 0 Å². The number of ether oxygens (including phenoxy) is 1. The fraction of sp³-hybridized carbons (Fsp3) is 0.292. The van der Waals surface area contributed by atoms with Gasteiger partial charge in [0.15, 0.2) is 0 Å². The molecule has 0 amide bonds. The van der Waals surface area contributed by atoms with E-state index in [1.54, 1.807) is 37.8 Å². The smallest absolute Gasteiger partial charge is 0.143 e. The molecule has 0 spiro atoms. The average molecular weight is 485 g/mol. The van der Waals surface area contributed by atoms with Gasteiger partial charge in [-0.3, -0.25) is 4.98 Å². The van der Waals surface area contributed by atoms with Crippen molar-refractivity contribution in [1.82, 2.24) is 25.3 Å². The molecule has 0 atom stereocenters. The molecule has 1 fully saturated rings. The van der Waals surface area contributed by atoms with Gasteiger partial charge in [0.25, 0.3) is 0 Å². The Hall–Kier alpha value is -2.71. The van der Waals surface area contributed by atoms with E-state index in [0.717, 1.165) is 54.2 Å². The van der Waals surface area contributed by atoms with Crippen molar-refractivity contribution in [2.45, 2.75) is 25.4 Å². The number of benzene rings is 1. The summed E-state index contributed by atoms with van der Waals surface area (Å²) in [4.78, 5) is 16.1. The summed E-state index contributed by atoms with van der Waals surface area (Å²) in [6, 6.07) is 11.1. The second-order valence-corrected chi connectivity index (χ2v) is 8.56. The normalized spacial score (nSPS) is 14.0. The first-order valence-electron chi connectivity index (χ1n) is 10.8. The van der Waals surface area contributed by atoms with Gasteiger partial charge >= 0.3 is 0 Å². The van der Waals surface area contributed by atoms with Gasteiger partial charge in [0.2, 0.25) is 0 Å². The van der Waals surface area contributed by atoms with E-state index in [2.05, 4.69) is 36.8 Å². The number of aromatic amines is 1. The lowest BCUT2D eigenvalue weighted by Crippen LogP contribution is -2.26. The molecule has 33 heavy (non-hydrogen) atoms. The Morgan fingerprint density at radius 1 is 1.09 bits per heavy atom. The highest BCUT2D eigenvalue weighted by atomic mass is 35.5. The molecule has 3 aromatic heterocycles. The highest BCUT2D eigenvalue weighted by Gasteiger charge is 2.21. The number of H-pyrrole nitrogens is 1. The number of anilines is 2. The quantitative estimate of drug-likeness (QED) is 0.336. The van der Waals surface area contributed by atoms with Crippen LogP contribution in [0.1, 0.15) is 30.0 Å². The van der Waals surface area contributed by atoms with Crippen molar-refractivity contribution in [1.29, 1.82) is 0 Å². The van der Waals surface area contributed by atoms with Crippen LogP contribution in [0.5, 0.6) is 0 Å². The molecule has 0 saturated carbocycles.